The molecule has 158 valence electrons. The lowest BCUT2D eigenvalue weighted by atomic mass is 10.1. The number of para-hydroxylation sites is 2. The molecule has 1 aliphatic rings. The second-order valence-electron chi connectivity index (χ2n) is 7.02. The van der Waals surface area contributed by atoms with E-state index in [1.54, 1.807) is 10.2 Å². The number of nitrogens with zero attached hydrogens (tertiary/aromatic N) is 1. The number of carbonyl (C=O) groups is 3. The third kappa shape index (κ3) is 4.79. The van der Waals surface area contributed by atoms with Gasteiger partial charge in [-0.1, -0.05) is 42.5 Å². The molecule has 3 rings (SSSR count). The molecule has 9 heteroatoms. The Kier molecular flexibility index (Phi) is 6.09. The fourth-order valence-electron chi connectivity index (χ4n) is 3.32. The number of halogens is 3. The molecule has 0 radical (unpaired) electrons. The second kappa shape index (κ2) is 8.56. The zero-order valence-corrected chi connectivity index (χ0v) is 16.1. The Morgan fingerprint density at radius 1 is 1.00 bits per heavy atom. The Bertz CT molecular complexity index is 947. The van der Waals surface area contributed by atoms with Crippen LogP contribution in [0.25, 0.3) is 0 Å². The largest absolute Gasteiger partial charge is 0.471 e. The van der Waals surface area contributed by atoms with Gasteiger partial charge in [-0.15, -0.1) is 0 Å². The topological polar surface area (TPSA) is 78.5 Å². The number of amides is 3. The molecule has 1 aliphatic heterocycles. The zero-order valence-electron chi connectivity index (χ0n) is 16.1. The molecule has 3 amide bonds. The van der Waals surface area contributed by atoms with Crippen LogP contribution in [0.5, 0.6) is 0 Å². The van der Waals surface area contributed by atoms with Gasteiger partial charge in [0.05, 0.1) is 23.3 Å². The number of hydrogen-bond donors (Lipinski definition) is 2. The summed E-state index contributed by atoms with van der Waals surface area (Å²) in [4.78, 5) is 37.9. The normalized spacial score (nSPS) is 17.5. The van der Waals surface area contributed by atoms with Crippen LogP contribution in [0.15, 0.2) is 54.6 Å². The summed E-state index contributed by atoms with van der Waals surface area (Å²) in [6, 6.07) is 14.8. The van der Waals surface area contributed by atoms with Gasteiger partial charge >= 0.3 is 12.1 Å². The number of anilines is 2. The average molecular weight is 419 g/mol. The number of alkyl halides is 3. The Hall–Kier alpha value is -3.36. The van der Waals surface area contributed by atoms with Gasteiger partial charge in [0.25, 0.3) is 0 Å². The van der Waals surface area contributed by atoms with Gasteiger partial charge < -0.3 is 15.5 Å². The fourth-order valence-corrected chi connectivity index (χ4v) is 3.32. The molecule has 0 saturated carbocycles. The van der Waals surface area contributed by atoms with E-state index in [1.165, 1.54) is 24.3 Å². The summed E-state index contributed by atoms with van der Waals surface area (Å²) >= 11 is 0. The smallest absolute Gasteiger partial charge is 0.335 e. The quantitative estimate of drug-likeness (QED) is 0.775. The van der Waals surface area contributed by atoms with Crippen LogP contribution in [0.4, 0.5) is 24.5 Å². The molecule has 2 unspecified atom stereocenters. The molecule has 2 atom stereocenters. The summed E-state index contributed by atoms with van der Waals surface area (Å²) < 4.78 is 37.6. The average Bonchev–Trinajstić information content (AvgIpc) is 3.10. The number of nitrogens with one attached hydrogen (secondary N) is 2. The maximum Gasteiger partial charge on any atom is 0.471 e. The number of carbonyl (C=O) groups excluding carboxylic acids is 3. The first-order chi connectivity index (χ1) is 14.2. The Balaban J connectivity index is 1.69. The summed E-state index contributed by atoms with van der Waals surface area (Å²) in [5.74, 6) is -3.47. The molecule has 6 nitrogen and oxygen atoms in total. The number of benzene rings is 2. The molecule has 1 heterocycles. The van der Waals surface area contributed by atoms with Gasteiger partial charge in [-0.05, 0) is 24.6 Å². The second-order valence-corrected chi connectivity index (χ2v) is 7.02. The molecule has 30 heavy (non-hydrogen) atoms. The van der Waals surface area contributed by atoms with Crippen LogP contribution in [0, 0.1) is 5.92 Å². The van der Waals surface area contributed by atoms with Crippen molar-refractivity contribution in [1.29, 1.82) is 0 Å². The molecule has 2 aromatic rings. The maximum atomic E-state index is 12.7. The first kappa shape index (κ1) is 21.4. The lowest BCUT2D eigenvalue weighted by molar-refractivity contribution is -0.167. The molecule has 0 spiro atoms. The highest BCUT2D eigenvalue weighted by atomic mass is 19.4. The highest BCUT2D eigenvalue weighted by Gasteiger charge is 2.39. The number of likely N-dealkylation sites (tertiary alicyclic amines) is 1. The summed E-state index contributed by atoms with van der Waals surface area (Å²) in [5.41, 5.74) is 0.793. The van der Waals surface area contributed by atoms with E-state index in [0.717, 1.165) is 5.56 Å². The summed E-state index contributed by atoms with van der Waals surface area (Å²) in [5, 5.41) is 4.28. The van der Waals surface area contributed by atoms with Crippen molar-refractivity contribution in [2.45, 2.75) is 25.6 Å². The van der Waals surface area contributed by atoms with Gasteiger partial charge in [0.15, 0.2) is 0 Å². The van der Waals surface area contributed by atoms with E-state index >= 15 is 0 Å². The molecular formula is C21H20F3N3O3. The molecule has 2 aromatic carbocycles. The molecule has 1 fully saturated rings. The molecule has 0 aliphatic carbocycles. The Morgan fingerprint density at radius 3 is 2.17 bits per heavy atom. The highest BCUT2D eigenvalue weighted by molar-refractivity contribution is 6.03. The van der Waals surface area contributed by atoms with E-state index in [4.69, 9.17) is 0 Å². The monoisotopic (exact) mass is 419 g/mol. The first-order valence-corrected chi connectivity index (χ1v) is 9.29. The summed E-state index contributed by atoms with van der Waals surface area (Å²) in [6.07, 6.45) is -5.05. The van der Waals surface area contributed by atoms with E-state index in [0.29, 0.717) is 0 Å². The van der Waals surface area contributed by atoms with Crippen molar-refractivity contribution < 1.29 is 27.6 Å². The van der Waals surface area contributed by atoms with E-state index in [1.807, 2.05) is 37.3 Å². The third-order valence-electron chi connectivity index (χ3n) is 4.97. The summed E-state index contributed by atoms with van der Waals surface area (Å²) in [7, 11) is 0. The van der Waals surface area contributed by atoms with Gasteiger partial charge in [0.1, 0.15) is 0 Å². The Labute approximate surface area is 171 Å². The van der Waals surface area contributed by atoms with Crippen molar-refractivity contribution in [3.8, 4) is 0 Å². The van der Waals surface area contributed by atoms with Gasteiger partial charge in [0.2, 0.25) is 11.8 Å². The van der Waals surface area contributed by atoms with Gasteiger partial charge in [0, 0.05) is 13.0 Å². The van der Waals surface area contributed by atoms with Crippen molar-refractivity contribution in [3.63, 3.8) is 0 Å². The lowest BCUT2D eigenvalue weighted by Gasteiger charge is -2.25. The molecular weight excluding hydrogens is 399 g/mol. The van der Waals surface area contributed by atoms with Crippen LogP contribution >= 0.6 is 0 Å². The molecule has 0 aromatic heterocycles. The lowest BCUT2D eigenvalue weighted by Crippen LogP contribution is -2.31. The van der Waals surface area contributed by atoms with Crippen molar-refractivity contribution in [2.75, 3.05) is 17.2 Å². The van der Waals surface area contributed by atoms with E-state index in [-0.39, 0.29) is 36.3 Å². The summed E-state index contributed by atoms with van der Waals surface area (Å²) in [6.45, 7) is 2.06. The van der Waals surface area contributed by atoms with E-state index in [9.17, 15) is 27.6 Å². The zero-order chi connectivity index (χ0) is 21.9. The maximum absolute atomic E-state index is 12.7. The Morgan fingerprint density at radius 2 is 1.57 bits per heavy atom. The van der Waals surface area contributed by atoms with E-state index < -0.39 is 23.9 Å². The first-order valence-electron chi connectivity index (χ1n) is 9.29. The van der Waals surface area contributed by atoms with Gasteiger partial charge in [-0.3, -0.25) is 14.4 Å². The van der Waals surface area contributed by atoms with Crippen LogP contribution in [0.3, 0.4) is 0 Å². The predicted molar refractivity (Wildman–Crippen MR) is 104 cm³/mol. The van der Waals surface area contributed by atoms with Crippen LogP contribution in [-0.2, 0) is 14.4 Å². The SMILES string of the molecule is CC(c1ccccc1)N1CC(C(=O)Nc2ccccc2NC(=O)C(F)(F)F)CC1=O. The number of hydrogen-bond acceptors (Lipinski definition) is 3. The number of rotatable bonds is 5. The fraction of sp³-hybridized carbons (Fsp3) is 0.286. The molecule has 0 bridgehead atoms. The highest BCUT2D eigenvalue weighted by Crippen LogP contribution is 2.30. The van der Waals surface area contributed by atoms with Gasteiger partial charge in [-0.25, -0.2) is 0 Å². The van der Waals surface area contributed by atoms with Crippen molar-refractivity contribution in [1.82, 2.24) is 4.90 Å². The van der Waals surface area contributed by atoms with Crippen molar-refractivity contribution in [2.24, 2.45) is 5.92 Å². The molecule has 2 N–H and O–H groups in total. The third-order valence-corrected chi connectivity index (χ3v) is 4.97. The van der Waals surface area contributed by atoms with E-state index in [2.05, 4.69) is 5.32 Å². The van der Waals surface area contributed by atoms with Crippen LogP contribution in [-0.4, -0.2) is 35.3 Å². The van der Waals surface area contributed by atoms with Crippen molar-refractivity contribution in [3.05, 3.63) is 60.2 Å². The van der Waals surface area contributed by atoms with Crippen LogP contribution in [0.1, 0.15) is 24.9 Å². The standard InChI is InChI=1S/C21H20F3N3O3/c1-13(14-7-3-2-4-8-14)27-12-15(11-18(27)28)19(29)25-16-9-5-6-10-17(16)26-20(30)21(22,23)24/h2-10,13,15H,11-12H2,1H3,(H,25,29)(H,26,30). The predicted octanol–water partition coefficient (Wildman–Crippen LogP) is 3.74. The van der Waals surface area contributed by atoms with Crippen LogP contribution < -0.4 is 10.6 Å². The van der Waals surface area contributed by atoms with Crippen molar-refractivity contribution >= 4 is 29.1 Å². The minimum absolute atomic E-state index is 0.0000834. The molecule has 1 saturated heterocycles. The van der Waals surface area contributed by atoms with Gasteiger partial charge in [-0.2, -0.15) is 13.2 Å². The minimum atomic E-state index is -5.05. The minimum Gasteiger partial charge on any atom is -0.335 e. The van der Waals surface area contributed by atoms with Crippen LogP contribution in [0.2, 0.25) is 0 Å².